The number of amides is 1. The van der Waals surface area contributed by atoms with E-state index in [1.807, 2.05) is 13.8 Å². The average molecular weight is 379 g/mol. The third-order valence-corrected chi connectivity index (χ3v) is 4.35. The first-order valence-corrected chi connectivity index (χ1v) is 9.57. The Balaban J connectivity index is 2.14. The number of carbonyl (C=O) groups is 2. The molecule has 1 saturated heterocycles. The molecule has 7 heteroatoms. The SMILES string of the molecule is CCCOc1ccc(C(=O)NC(C(=O)O)C2CCCOC2)cc1OCCC. The van der Waals surface area contributed by atoms with Crippen molar-refractivity contribution < 1.29 is 28.9 Å². The molecule has 0 bridgehead atoms. The van der Waals surface area contributed by atoms with Crippen molar-refractivity contribution >= 4 is 11.9 Å². The lowest BCUT2D eigenvalue weighted by Gasteiger charge is -2.28. The topological polar surface area (TPSA) is 94.1 Å². The van der Waals surface area contributed by atoms with Gasteiger partial charge in [-0.1, -0.05) is 13.8 Å². The molecule has 2 rings (SSSR count). The average Bonchev–Trinajstić information content (AvgIpc) is 2.69. The molecule has 2 N–H and O–H groups in total. The Morgan fingerprint density at radius 3 is 2.52 bits per heavy atom. The lowest BCUT2D eigenvalue weighted by Crippen LogP contribution is -2.48. The number of hydrogen-bond donors (Lipinski definition) is 2. The zero-order chi connectivity index (χ0) is 19.6. The molecular formula is C20H29NO6. The highest BCUT2D eigenvalue weighted by Crippen LogP contribution is 2.29. The Kier molecular flexibility index (Phi) is 8.39. The van der Waals surface area contributed by atoms with Crippen molar-refractivity contribution in [2.75, 3.05) is 26.4 Å². The van der Waals surface area contributed by atoms with Crippen LogP contribution in [-0.4, -0.2) is 49.5 Å². The molecule has 27 heavy (non-hydrogen) atoms. The van der Waals surface area contributed by atoms with E-state index >= 15 is 0 Å². The van der Waals surface area contributed by atoms with Crippen LogP contribution in [0.3, 0.4) is 0 Å². The van der Waals surface area contributed by atoms with Crippen molar-refractivity contribution in [3.8, 4) is 11.5 Å². The lowest BCUT2D eigenvalue weighted by atomic mass is 9.93. The number of nitrogens with one attached hydrogen (secondary N) is 1. The van der Waals surface area contributed by atoms with E-state index in [4.69, 9.17) is 14.2 Å². The summed E-state index contributed by atoms with van der Waals surface area (Å²) in [7, 11) is 0. The van der Waals surface area contributed by atoms with E-state index in [0.717, 1.165) is 19.3 Å². The first-order chi connectivity index (χ1) is 13.1. The fourth-order valence-corrected chi connectivity index (χ4v) is 2.94. The largest absolute Gasteiger partial charge is 0.490 e. The monoisotopic (exact) mass is 379 g/mol. The van der Waals surface area contributed by atoms with Gasteiger partial charge in [0.15, 0.2) is 11.5 Å². The third-order valence-electron chi connectivity index (χ3n) is 4.35. The van der Waals surface area contributed by atoms with Crippen LogP contribution in [0.5, 0.6) is 11.5 Å². The second-order valence-corrected chi connectivity index (χ2v) is 6.63. The molecule has 1 aromatic rings. The predicted octanol–water partition coefficient (Wildman–Crippen LogP) is 2.87. The van der Waals surface area contributed by atoms with Crippen LogP contribution < -0.4 is 14.8 Å². The normalized spacial score (nSPS) is 17.8. The summed E-state index contributed by atoms with van der Waals surface area (Å²) in [4.78, 5) is 24.3. The molecule has 1 aliphatic rings. The quantitative estimate of drug-likeness (QED) is 0.649. The number of hydrogen-bond acceptors (Lipinski definition) is 5. The summed E-state index contributed by atoms with van der Waals surface area (Å²) >= 11 is 0. The number of carboxylic acids is 1. The van der Waals surface area contributed by atoms with Gasteiger partial charge in [-0.25, -0.2) is 4.79 Å². The molecule has 2 unspecified atom stereocenters. The van der Waals surface area contributed by atoms with Gasteiger partial charge in [-0.05, 0) is 43.9 Å². The first kappa shape index (κ1) is 21.0. The van der Waals surface area contributed by atoms with Gasteiger partial charge in [0.25, 0.3) is 5.91 Å². The van der Waals surface area contributed by atoms with Crippen molar-refractivity contribution in [2.24, 2.45) is 5.92 Å². The van der Waals surface area contributed by atoms with E-state index in [9.17, 15) is 14.7 Å². The van der Waals surface area contributed by atoms with Crippen LogP contribution in [0, 0.1) is 5.92 Å². The summed E-state index contributed by atoms with van der Waals surface area (Å²) in [6.45, 7) is 6.03. The number of carbonyl (C=O) groups excluding carboxylic acids is 1. The predicted molar refractivity (Wildman–Crippen MR) is 100 cm³/mol. The van der Waals surface area contributed by atoms with Gasteiger partial charge in [0.2, 0.25) is 0 Å². The van der Waals surface area contributed by atoms with Gasteiger partial charge < -0.3 is 24.6 Å². The Morgan fingerprint density at radius 1 is 1.22 bits per heavy atom. The third kappa shape index (κ3) is 6.13. The number of benzene rings is 1. The molecule has 7 nitrogen and oxygen atoms in total. The highest BCUT2D eigenvalue weighted by atomic mass is 16.5. The first-order valence-electron chi connectivity index (χ1n) is 9.57. The summed E-state index contributed by atoms with van der Waals surface area (Å²) < 4.78 is 16.7. The number of carboxylic acid groups (broad SMARTS) is 1. The second-order valence-electron chi connectivity index (χ2n) is 6.63. The molecule has 1 heterocycles. The Morgan fingerprint density at radius 2 is 1.93 bits per heavy atom. The van der Waals surface area contributed by atoms with Crippen LogP contribution in [0.15, 0.2) is 18.2 Å². The highest BCUT2D eigenvalue weighted by Gasteiger charge is 2.31. The van der Waals surface area contributed by atoms with E-state index in [2.05, 4.69) is 5.32 Å². The summed E-state index contributed by atoms with van der Waals surface area (Å²) in [5.74, 6) is -0.660. The molecule has 0 radical (unpaired) electrons. The zero-order valence-electron chi connectivity index (χ0n) is 16.0. The van der Waals surface area contributed by atoms with Crippen molar-refractivity contribution in [1.82, 2.24) is 5.32 Å². The van der Waals surface area contributed by atoms with Crippen LogP contribution in [0.4, 0.5) is 0 Å². The van der Waals surface area contributed by atoms with Crippen molar-refractivity contribution in [2.45, 2.75) is 45.6 Å². The molecule has 1 aromatic carbocycles. The zero-order valence-corrected chi connectivity index (χ0v) is 16.0. The maximum atomic E-state index is 12.6. The van der Waals surface area contributed by atoms with E-state index in [1.165, 1.54) is 0 Å². The number of rotatable bonds is 10. The summed E-state index contributed by atoms with van der Waals surface area (Å²) in [5, 5.41) is 12.2. The van der Waals surface area contributed by atoms with Gasteiger partial charge in [0, 0.05) is 18.1 Å². The Bertz CT molecular complexity index is 627. The van der Waals surface area contributed by atoms with Crippen molar-refractivity contribution in [3.63, 3.8) is 0 Å². The van der Waals surface area contributed by atoms with Gasteiger partial charge in [-0.3, -0.25) is 4.79 Å². The molecule has 2 atom stereocenters. The van der Waals surface area contributed by atoms with E-state index in [0.29, 0.717) is 49.9 Å². The van der Waals surface area contributed by atoms with Crippen LogP contribution >= 0.6 is 0 Å². The molecule has 1 amide bonds. The molecule has 1 fully saturated rings. The van der Waals surface area contributed by atoms with Gasteiger partial charge >= 0.3 is 5.97 Å². The maximum Gasteiger partial charge on any atom is 0.326 e. The highest BCUT2D eigenvalue weighted by molar-refractivity contribution is 5.97. The number of ether oxygens (including phenoxy) is 3. The summed E-state index contributed by atoms with van der Waals surface area (Å²) in [6, 6.07) is 3.94. The molecular weight excluding hydrogens is 350 g/mol. The van der Waals surface area contributed by atoms with Gasteiger partial charge in [-0.2, -0.15) is 0 Å². The lowest BCUT2D eigenvalue weighted by molar-refractivity contribution is -0.142. The molecule has 0 aliphatic carbocycles. The maximum absolute atomic E-state index is 12.6. The van der Waals surface area contributed by atoms with Crippen molar-refractivity contribution in [3.05, 3.63) is 23.8 Å². The van der Waals surface area contributed by atoms with E-state index in [1.54, 1.807) is 18.2 Å². The second kappa shape index (κ2) is 10.8. The minimum Gasteiger partial charge on any atom is -0.490 e. The fraction of sp³-hybridized carbons (Fsp3) is 0.600. The van der Waals surface area contributed by atoms with Gasteiger partial charge in [0.1, 0.15) is 6.04 Å². The molecule has 150 valence electrons. The van der Waals surface area contributed by atoms with Gasteiger partial charge in [-0.15, -0.1) is 0 Å². The van der Waals surface area contributed by atoms with Crippen molar-refractivity contribution in [1.29, 1.82) is 0 Å². The van der Waals surface area contributed by atoms with Crippen LogP contribution in [0.25, 0.3) is 0 Å². The van der Waals surface area contributed by atoms with Crippen LogP contribution in [0.2, 0.25) is 0 Å². The fourth-order valence-electron chi connectivity index (χ4n) is 2.94. The summed E-state index contributed by atoms with van der Waals surface area (Å²) in [6.07, 6.45) is 3.19. The minimum absolute atomic E-state index is 0.233. The Hall–Kier alpha value is -2.28. The molecule has 0 saturated carbocycles. The Labute approximate surface area is 160 Å². The van der Waals surface area contributed by atoms with Gasteiger partial charge in [0.05, 0.1) is 19.8 Å². The van der Waals surface area contributed by atoms with Crippen LogP contribution in [0.1, 0.15) is 49.9 Å². The standard InChI is InChI=1S/C20H29NO6/c1-3-9-26-16-8-7-14(12-17(16)27-10-4-2)19(22)21-18(20(23)24)15-6-5-11-25-13-15/h7-8,12,15,18H,3-6,9-11,13H2,1-2H3,(H,21,22)(H,23,24). The minimum atomic E-state index is -1.05. The smallest absolute Gasteiger partial charge is 0.326 e. The van der Waals surface area contributed by atoms with E-state index in [-0.39, 0.29) is 5.92 Å². The number of aliphatic carboxylic acids is 1. The molecule has 1 aliphatic heterocycles. The molecule has 0 aromatic heterocycles. The molecule has 0 spiro atoms. The summed E-state index contributed by atoms with van der Waals surface area (Å²) in [5.41, 5.74) is 0.341. The van der Waals surface area contributed by atoms with E-state index < -0.39 is 17.9 Å². The van der Waals surface area contributed by atoms with Crippen LogP contribution in [-0.2, 0) is 9.53 Å².